The second-order valence-corrected chi connectivity index (χ2v) is 8.04. The Bertz CT molecular complexity index is 786. The van der Waals surface area contributed by atoms with Crippen LogP contribution in [0, 0.1) is 5.82 Å². The van der Waals surface area contributed by atoms with E-state index in [-0.39, 0.29) is 16.3 Å². The van der Waals surface area contributed by atoms with Gasteiger partial charge in [0.2, 0.25) is 0 Å². The minimum atomic E-state index is -3.28. The molecule has 2 aromatic rings. The van der Waals surface area contributed by atoms with Crippen molar-refractivity contribution in [1.29, 1.82) is 0 Å². The van der Waals surface area contributed by atoms with Crippen molar-refractivity contribution in [2.75, 3.05) is 12.0 Å². The van der Waals surface area contributed by atoms with E-state index in [0.717, 1.165) is 6.26 Å². The molecule has 4 nitrogen and oxygen atoms in total. The Morgan fingerprint density at radius 2 is 1.76 bits per heavy atom. The highest BCUT2D eigenvalue weighted by Crippen LogP contribution is 2.20. The largest absolute Gasteiger partial charge is 0.398 e. The van der Waals surface area contributed by atoms with E-state index in [9.17, 15) is 17.0 Å². The molecule has 0 spiro atoms. The number of hydrogen-bond acceptors (Lipinski definition) is 4. The van der Waals surface area contributed by atoms with E-state index in [1.165, 1.54) is 42.5 Å². The summed E-state index contributed by atoms with van der Waals surface area (Å²) in [6.07, 6.45) is 1.11. The average Bonchev–Trinajstić information content (AvgIpc) is 2.41. The molecule has 0 aromatic heterocycles. The zero-order valence-corrected chi connectivity index (χ0v) is 12.9. The van der Waals surface area contributed by atoms with Crippen molar-refractivity contribution in [1.82, 2.24) is 0 Å². The predicted octanol–water partition coefficient (Wildman–Crippen LogP) is 2.12. The number of benzene rings is 2. The van der Waals surface area contributed by atoms with Crippen LogP contribution in [0.25, 0.3) is 0 Å². The van der Waals surface area contributed by atoms with Gasteiger partial charge in [-0.25, -0.2) is 12.8 Å². The zero-order valence-electron chi connectivity index (χ0n) is 11.2. The summed E-state index contributed by atoms with van der Waals surface area (Å²) in [6, 6.07) is 9.77. The van der Waals surface area contributed by atoms with Gasteiger partial charge in [0.1, 0.15) is 5.82 Å². The first-order valence-electron chi connectivity index (χ1n) is 6.00. The lowest BCUT2D eigenvalue weighted by atomic mass is 10.2. The molecule has 112 valence electrons. The molecule has 7 heteroatoms. The molecule has 0 aliphatic heterocycles. The molecule has 0 fully saturated rings. The van der Waals surface area contributed by atoms with Crippen LogP contribution in [0.4, 0.5) is 10.1 Å². The first-order chi connectivity index (χ1) is 9.77. The fraction of sp³-hybridized carbons (Fsp3) is 0.143. The Morgan fingerprint density at radius 1 is 1.14 bits per heavy atom. The van der Waals surface area contributed by atoms with Gasteiger partial charge in [-0.3, -0.25) is 4.21 Å². The smallest absolute Gasteiger partial charge is 0.175 e. The van der Waals surface area contributed by atoms with Gasteiger partial charge in [0.25, 0.3) is 0 Å². The normalized spacial score (nSPS) is 13.0. The quantitative estimate of drug-likeness (QED) is 0.873. The molecule has 2 N–H and O–H groups in total. The molecule has 21 heavy (non-hydrogen) atoms. The van der Waals surface area contributed by atoms with E-state index in [1.807, 2.05) is 0 Å². The van der Waals surface area contributed by atoms with Crippen molar-refractivity contribution in [2.45, 2.75) is 15.5 Å². The van der Waals surface area contributed by atoms with Crippen molar-refractivity contribution in [2.24, 2.45) is 0 Å². The first kappa shape index (κ1) is 15.7. The highest BCUT2D eigenvalue weighted by atomic mass is 32.2. The maximum Gasteiger partial charge on any atom is 0.175 e. The summed E-state index contributed by atoms with van der Waals surface area (Å²) >= 11 is 0. The fourth-order valence-corrected chi connectivity index (χ4v) is 3.54. The van der Waals surface area contributed by atoms with Crippen LogP contribution < -0.4 is 5.73 Å². The summed E-state index contributed by atoms with van der Waals surface area (Å²) in [7, 11) is -4.66. The maximum atomic E-state index is 13.0. The van der Waals surface area contributed by atoms with Gasteiger partial charge in [-0.15, -0.1) is 0 Å². The fourth-order valence-electron chi connectivity index (χ4n) is 1.76. The van der Waals surface area contributed by atoms with Crippen molar-refractivity contribution in [3.05, 3.63) is 53.8 Å². The average molecular weight is 327 g/mol. The number of sulfone groups is 1. The lowest BCUT2D eigenvalue weighted by Crippen LogP contribution is -2.02. The van der Waals surface area contributed by atoms with Crippen LogP contribution in [0.2, 0.25) is 0 Å². The van der Waals surface area contributed by atoms with Crippen LogP contribution in [0.1, 0.15) is 5.56 Å². The minimum absolute atomic E-state index is 0.143. The Morgan fingerprint density at radius 3 is 2.29 bits per heavy atom. The summed E-state index contributed by atoms with van der Waals surface area (Å²) in [6.45, 7) is 0. The summed E-state index contributed by atoms with van der Waals surface area (Å²) < 4.78 is 47.9. The molecule has 2 aromatic carbocycles. The summed E-state index contributed by atoms with van der Waals surface area (Å²) in [4.78, 5) is 0.663. The summed E-state index contributed by atoms with van der Waals surface area (Å²) in [5.41, 5.74) is 6.51. The second kappa shape index (κ2) is 5.95. The van der Waals surface area contributed by atoms with Crippen molar-refractivity contribution in [3.63, 3.8) is 0 Å². The van der Waals surface area contributed by atoms with Gasteiger partial charge >= 0.3 is 0 Å². The Balaban J connectivity index is 2.21. The van der Waals surface area contributed by atoms with Crippen LogP contribution in [0.15, 0.2) is 52.3 Å². The molecule has 1 unspecified atom stereocenters. The van der Waals surface area contributed by atoms with Gasteiger partial charge in [-0.2, -0.15) is 0 Å². The SMILES string of the molecule is CS(=O)(=O)c1ccc(S(=O)Cc2ccc(F)cc2N)cc1. The van der Waals surface area contributed by atoms with Crippen LogP contribution in [0.5, 0.6) is 0 Å². The third-order valence-electron chi connectivity index (χ3n) is 2.91. The summed E-state index contributed by atoms with van der Waals surface area (Å²) in [5.74, 6) is -0.302. The van der Waals surface area contributed by atoms with E-state index in [2.05, 4.69) is 0 Å². The highest BCUT2D eigenvalue weighted by molar-refractivity contribution is 7.90. The standard InChI is InChI=1S/C14H14FNO3S2/c1-21(18,19)13-6-4-12(5-7-13)20(17)9-10-2-3-11(15)8-14(10)16/h2-8H,9,16H2,1H3. The van der Waals surface area contributed by atoms with E-state index in [1.54, 1.807) is 0 Å². The van der Waals surface area contributed by atoms with Gasteiger partial charge in [0.05, 0.1) is 21.4 Å². The van der Waals surface area contributed by atoms with Crippen LogP contribution in [-0.2, 0) is 26.4 Å². The maximum absolute atomic E-state index is 13.0. The highest BCUT2D eigenvalue weighted by Gasteiger charge is 2.11. The topological polar surface area (TPSA) is 77.2 Å². The molecule has 0 amide bonds. The molecule has 0 aliphatic rings. The molecule has 1 atom stereocenters. The predicted molar refractivity (Wildman–Crippen MR) is 80.5 cm³/mol. The lowest BCUT2D eigenvalue weighted by Gasteiger charge is -2.07. The van der Waals surface area contributed by atoms with E-state index in [4.69, 9.17) is 5.73 Å². The monoisotopic (exact) mass is 327 g/mol. The Labute approximate surface area is 125 Å². The molecule has 0 heterocycles. The Hall–Kier alpha value is -1.73. The van der Waals surface area contributed by atoms with Crippen LogP contribution in [0.3, 0.4) is 0 Å². The number of rotatable bonds is 4. The molecular formula is C14H14FNO3S2. The molecule has 0 aliphatic carbocycles. The first-order valence-corrected chi connectivity index (χ1v) is 9.21. The van der Waals surface area contributed by atoms with Gasteiger partial charge in [0, 0.05) is 16.8 Å². The molecule has 0 saturated carbocycles. The van der Waals surface area contributed by atoms with Gasteiger partial charge in [-0.05, 0) is 42.0 Å². The van der Waals surface area contributed by atoms with Crippen LogP contribution >= 0.6 is 0 Å². The zero-order chi connectivity index (χ0) is 15.6. The van der Waals surface area contributed by atoms with Gasteiger partial charge in [0.15, 0.2) is 9.84 Å². The van der Waals surface area contributed by atoms with Crippen LogP contribution in [-0.4, -0.2) is 18.9 Å². The molecule has 2 rings (SSSR count). The van der Waals surface area contributed by atoms with Crippen molar-refractivity contribution < 1.29 is 17.0 Å². The van der Waals surface area contributed by atoms with Crippen molar-refractivity contribution in [3.8, 4) is 0 Å². The number of anilines is 1. The van der Waals surface area contributed by atoms with Gasteiger partial charge in [-0.1, -0.05) is 6.07 Å². The molecule has 0 saturated heterocycles. The van der Waals surface area contributed by atoms with E-state index < -0.39 is 26.5 Å². The number of halogens is 1. The number of nitrogens with two attached hydrogens (primary N) is 1. The van der Waals surface area contributed by atoms with E-state index >= 15 is 0 Å². The Kier molecular flexibility index (Phi) is 4.43. The van der Waals surface area contributed by atoms with Crippen molar-refractivity contribution >= 4 is 26.3 Å². The summed E-state index contributed by atoms with van der Waals surface area (Å²) in [5, 5.41) is 0. The number of nitrogen functional groups attached to an aromatic ring is 1. The minimum Gasteiger partial charge on any atom is -0.398 e. The lowest BCUT2D eigenvalue weighted by molar-refractivity contribution is 0.601. The molecule has 0 bridgehead atoms. The second-order valence-electron chi connectivity index (χ2n) is 4.58. The molecule has 0 radical (unpaired) electrons. The van der Waals surface area contributed by atoms with E-state index in [0.29, 0.717) is 10.5 Å². The third kappa shape index (κ3) is 3.89. The number of hydrogen-bond donors (Lipinski definition) is 1. The molecular weight excluding hydrogens is 313 g/mol. The third-order valence-corrected chi connectivity index (χ3v) is 5.41. The van der Waals surface area contributed by atoms with Gasteiger partial charge < -0.3 is 5.73 Å².